The average molecular weight is 203 g/mol. The van der Waals surface area contributed by atoms with Crippen LogP contribution in [0.3, 0.4) is 0 Å². The summed E-state index contributed by atoms with van der Waals surface area (Å²) in [7, 11) is 0. The van der Waals surface area contributed by atoms with Gasteiger partial charge in [-0.15, -0.1) is 0 Å². The van der Waals surface area contributed by atoms with E-state index >= 15 is 0 Å². The number of amides is 1. The Hall–Kier alpha value is -1.06. The van der Waals surface area contributed by atoms with Crippen LogP contribution in [0.4, 0.5) is 0 Å². The molecule has 1 amide bonds. The van der Waals surface area contributed by atoms with Crippen LogP contribution in [0.1, 0.15) is 39.5 Å². The summed E-state index contributed by atoms with van der Waals surface area (Å²) in [6, 6.07) is 0. The fraction of sp³-hybridized carbons (Fsp3) is 0.800. The van der Waals surface area contributed by atoms with Crippen LogP contribution in [0.2, 0.25) is 0 Å². The molecule has 0 radical (unpaired) electrons. The van der Waals surface area contributed by atoms with Crippen molar-refractivity contribution in [2.75, 3.05) is 13.1 Å². The van der Waals surface area contributed by atoms with Crippen molar-refractivity contribution in [1.82, 2.24) is 4.90 Å². The largest absolute Gasteiger partial charge is 0.483 e. The Labute approximate surface area is 85.9 Å². The Balaban J connectivity index is 0. The van der Waals surface area contributed by atoms with E-state index in [1.807, 2.05) is 4.90 Å². The number of nitrogens with zero attached hydrogens (tertiary/aromatic N) is 1. The maximum atomic E-state index is 10.1. The third-order valence-corrected chi connectivity index (χ3v) is 1.54. The highest BCUT2D eigenvalue weighted by atomic mass is 16.3. The molecular formula is C10H21NO3. The van der Waals surface area contributed by atoms with Gasteiger partial charge in [0.1, 0.15) is 0 Å². The second-order valence-corrected chi connectivity index (χ2v) is 3.01. The van der Waals surface area contributed by atoms with Crippen LogP contribution < -0.4 is 0 Å². The molecule has 0 atom stereocenters. The van der Waals surface area contributed by atoms with Crippen LogP contribution in [-0.4, -0.2) is 36.0 Å². The molecule has 0 saturated carbocycles. The first-order valence-corrected chi connectivity index (χ1v) is 5.03. The Morgan fingerprint density at radius 2 is 1.50 bits per heavy atom. The van der Waals surface area contributed by atoms with E-state index in [4.69, 9.17) is 9.90 Å². The monoisotopic (exact) mass is 203 g/mol. The standard InChI is InChI=1S/C6H11NO.C3H8.CH2O2/c8-6-7-4-2-1-3-5-7;1-3-2;2-1-3/h6H,1-5H2;3H2,1-2H3;1H,(H,2,3). The highest BCUT2D eigenvalue weighted by Crippen LogP contribution is 2.05. The van der Waals surface area contributed by atoms with Gasteiger partial charge in [0.2, 0.25) is 6.41 Å². The molecule has 1 rings (SSSR count). The number of rotatable bonds is 1. The molecule has 1 aliphatic heterocycles. The van der Waals surface area contributed by atoms with Crippen molar-refractivity contribution >= 4 is 12.9 Å². The van der Waals surface area contributed by atoms with E-state index in [-0.39, 0.29) is 6.47 Å². The van der Waals surface area contributed by atoms with Crippen molar-refractivity contribution < 1.29 is 14.7 Å². The first-order valence-electron chi connectivity index (χ1n) is 5.03. The van der Waals surface area contributed by atoms with E-state index in [0.717, 1.165) is 19.5 Å². The summed E-state index contributed by atoms with van der Waals surface area (Å²) in [5.41, 5.74) is 0. The smallest absolute Gasteiger partial charge is 0.290 e. The van der Waals surface area contributed by atoms with Gasteiger partial charge in [-0.05, 0) is 19.3 Å². The summed E-state index contributed by atoms with van der Waals surface area (Å²) in [4.78, 5) is 20.3. The van der Waals surface area contributed by atoms with Crippen molar-refractivity contribution in [3.8, 4) is 0 Å². The van der Waals surface area contributed by atoms with Gasteiger partial charge in [-0.1, -0.05) is 20.3 Å². The Kier molecular flexibility index (Phi) is 15.9. The summed E-state index contributed by atoms with van der Waals surface area (Å²) in [5, 5.41) is 6.89. The fourth-order valence-corrected chi connectivity index (χ4v) is 1.02. The van der Waals surface area contributed by atoms with Gasteiger partial charge in [0.15, 0.2) is 0 Å². The van der Waals surface area contributed by atoms with Crippen LogP contribution in [0, 0.1) is 0 Å². The number of carbonyl (C=O) groups excluding carboxylic acids is 1. The average Bonchev–Trinajstić information content (AvgIpc) is 2.21. The number of piperidine rings is 1. The highest BCUT2D eigenvalue weighted by molar-refractivity contribution is 5.46. The van der Waals surface area contributed by atoms with Crippen molar-refractivity contribution in [3.05, 3.63) is 0 Å². The second kappa shape index (κ2) is 14.5. The van der Waals surface area contributed by atoms with Gasteiger partial charge in [-0.2, -0.15) is 0 Å². The summed E-state index contributed by atoms with van der Waals surface area (Å²) >= 11 is 0. The van der Waals surface area contributed by atoms with E-state index < -0.39 is 0 Å². The molecule has 0 aromatic carbocycles. The molecule has 1 fully saturated rings. The van der Waals surface area contributed by atoms with Gasteiger partial charge < -0.3 is 10.0 Å². The first kappa shape index (κ1) is 15.4. The first-order chi connectivity index (χ1) is 6.76. The van der Waals surface area contributed by atoms with Crippen molar-refractivity contribution in [2.24, 2.45) is 0 Å². The quantitative estimate of drug-likeness (QED) is 0.660. The molecule has 1 N–H and O–H groups in total. The van der Waals surface area contributed by atoms with E-state index in [1.165, 1.54) is 25.7 Å². The van der Waals surface area contributed by atoms with Gasteiger partial charge in [0, 0.05) is 13.1 Å². The lowest BCUT2D eigenvalue weighted by atomic mass is 10.1. The molecule has 84 valence electrons. The third-order valence-electron chi connectivity index (χ3n) is 1.54. The van der Waals surface area contributed by atoms with Gasteiger partial charge >= 0.3 is 0 Å². The summed E-state index contributed by atoms with van der Waals surface area (Å²) < 4.78 is 0. The predicted octanol–water partition coefficient (Wildman–Crippen LogP) is 1.75. The van der Waals surface area contributed by atoms with Crippen molar-refractivity contribution in [2.45, 2.75) is 39.5 Å². The molecule has 0 aromatic heterocycles. The Morgan fingerprint density at radius 1 is 1.14 bits per heavy atom. The molecule has 4 heteroatoms. The molecule has 0 spiro atoms. The Morgan fingerprint density at radius 3 is 1.71 bits per heavy atom. The van der Waals surface area contributed by atoms with Gasteiger partial charge in [0.25, 0.3) is 6.47 Å². The summed E-state index contributed by atoms with van der Waals surface area (Å²) in [5.74, 6) is 0. The Bertz CT molecular complexity index is 123. The minimum absolute atomic E-state index is 0.250. The summed E-state index contributed by atoms with van der Waals surface area (Å²) in [6.45, 7) is 5.95. The zero-order valence-corrected chi connectivity index (χ0v) is 9.11. The van der Waals surface area contributed by atoms with Crippen LogP contribution in [0.15, 0.2) is 0 Å². The second-order valence-electron chi connectivity index (χ2n) is 3.01. The van der Waals surface area contributed by atoms with E-state index in [2.05, 4.69) is 13.8 Å². The van der Waals surface area contributed by atoms with Gasteiger partial charge in [-0.25, -0.2) is 0 Å². The molecule has 1 heterocycles. The predicted molar refractivity (Wildman–Crippen MR) is 56.1 cm³/mol. The molecule has 0 bridgehead atoms. The maximum absolute atomic E-state index is 10.1. The maximum Gasteiger partial charge on any atom is 0.290 e. The SMILES string of the molecule is CCC.O=CN1CCCCC1.O=CO. The lowest BCUT2D eigenvalue weighted by molar-refractivity contribution is -0.123. The van der Waals surface area contributed by atoms with Crippen molar-refractivity contribution in [3.63, 3.8) is 0 Å². The molecule has 14 heavy (non-hydrogen) atoms. The van der Waals surface area contributed by atoms with Crippen LogP contribution in [-0.2, 0) is 9.59 Å². The van der Waals surface area contributed by atoms with Crippen LogP contribution in [0.25, 0.3) is 0 Å². The highest BCUT2D eigenvalue weighted by Gasteiger charge is 2.05. The zero-order valence-electron chi connectivity index (χ0n) is 9.11. The van der Waals surface area contributed by atoms with E-state index in [1.54, 1.807) is 0 Å². The van der Waals surface area contributed by atoms with Crippen LogP contribution >= 0.6 is 0 Å². The molecule has 1 aliphatic rings. The number of carbonyl (C=O) groups is 2. The van der Waals surface area contributed by atoms with E-state index in [9.17, 15) is 4.79 Å². The van der Waals surface area contributed by atoms with Crippen LogP contribution in [0.5, 0.6) is 0 Å². The zero-order chi connectivity index (χ0) is 11.2. The van der Waals surface area contributed by atoms with Gasteiger partial charge in [-0.3, -0.25) is 9.59 Å². The molecule has 0 aromatic rings. The number of hydrogen-bond acceptors (Lipinski definition) is 2. The molecular weight excluding hydrogens is 182 g/mol. The normalized spacial score (nSPS) is 14.0. The number of carboxylic acid groups (broad SMARTS) is 1. The number of likely N-dealkylation sites (tertiary alicyclic amines) is 1. The third kappa shape index (κ3) is 13.5. The van der Waals surface area contributed by atoms with Crippen molar-refractivity contribution in [1.29, 1.82) is 0 Å². The minimum Gasteiger partial charge on any atom is -0.483 e. The summed E-state index contributed by atoms with van der Waals surface area (Å²) in [6.07, 6.45) is 5.88. The lowest BCUT2D eigenvalue weighted by Gasteiger charge is -2.21. The molecule has 1 saturated heterocycles. The lowest BCUT2D eigenvalue weighted by Crippen LogP contribution is -2.27. The molecule has 0 aliphatic carbocycles. The number of hydrogen-bond donors (Lipinski definition) is 1. The topological polar surface area (TPSA) is 57.6 Å². The van der Waals surface area contributed by atoms with E-state index in [0.29, 0.717) is 0 Å². The molecule has 4 nitrogen and oxygen atoms in total. The molecule has 0 unspecified atom stereocenters. The fourth-order valence-electron chi connectivity index (χ4n) is 1.02. The minimum atomic E-state index is -0.250. The van der Waals surface area contributed by atoms with Gasteiger partial charge in [0.05, 0.1) is 0 Å².